The Labute approximate surface area is 131 Å². The van der Waals surface area contributed by atoms with E-state index >= 15 is 0 Å². The lowest BCUT2D eigenvalue weighted by molar-refractivity contribution is 0.0990. The number of halogens is 2. The van der Waals surface area contributed by atoms with Crippen LogP contribution in [-0.4, -0.2) is 15.6 Å². The van der Waals surface area contributed by atoms with Crippen LogP contribution in [0.1, 0.15) is 28.7 Å². The summed E-state index contributed by atoms with van der Waals surface area (Å²) in [5, 5.41) is 4.83. The molecule has 1 heterocycles. The van der Waals surface area contributed by atoms with Crippen molar-refractivity contribution in [2.75, 3.05) is 5.73 Å². The van der Waals surface area contributed by atoms with E-state index in [4.69, 9.17) is 17.3 Å². The van der Waals surface area contributed by atoms with Gasteiger partial charge < -0.3 is 5.73 Å². The Bertz CT molecular complexity index is 667. The quantitative estimate of drug-likeness (QED) is 0.674. The summed E-state index contributed by atoms with van der Waals surface area (Å²) >= 11 is 9.37. The zero-order valence-corrected chi connectivity index (χ0v) is 13.6. The molecule has 0 radical (unpaired) electrons. The van der Waals surface area contributed by atoms with Crippen molar-refractivity contribution in [3.05, 3.63) is 44.6 Å². The summed E-state index contributed by atoms with van der Waals surface area (Å²) in [6.45, 7) is 2.03. The van der Waals surface area contributed by atoms with E-state index in [1.54, 1.807) is 22.9 Å². The molecule has 0 unspecified atom stereocenters. The minimum Gasteiger partial charge on any atom is -0.398 e. The molecule has 0 atom stereocenters. The van der Waals surface area contributed by atoms with Gasteiger partial charge in [0.25, 0.3) is 0 Å². The number of hydrogen-bond acceptors (Lipinski definition) is 3. The molecule has 0 aliphatic rings. The number of rotatable bonds is 4. The van der Waals surface area contributed by atoms with Gasteiger partial charge in [-0.1, -0.05) is 18.5 Å². The van der Waals surface area contributed by atoms with Crippen LogP contribution in [0.5, 0.6) is 0 Å². The van der Waals surface area contributed by atoms with Gasteiger partial charge in [-0.15, -0.1) is 0 Å². The first-order valence-corrected chi connectivity index (χ1v) is 7.39. The standard InChI is InChI=1S/C14H15BrClN3O/c1-3-11-14(15)12(19(2)18-11)7-13(20)8-4-5-9(16)10(17)6-8/h4-6H,3,7,17H2,1-2H3. The number of Topliss-reactive ketones (excluding diaryl/α,β-unsaturated/α-hetero) is 1. The maximum atomic E-state index is 12.3. The van der Waals surface area contributed by atoms with E-state index in [2.05, 4.69) is 21.0 Å². The zero-order chi connectivity index (χ0) is 14.9. The van der Waals surface area contributed by atoms with E-state index in [0.717, 1.165) is 22.3 Å². The van der Waals surface area contributed by atoms with Gasteiger partial charge in [-0.2, -0.15) is 5.10 Å². The molecule has 6 heteroatoms. The van der Waals surface area contributed by atoms with E-state index in [0.29, 0.717) is 16.3 Å². The molecule has 2 N–H and O–H groups in total. The van der Waals surface area contributed by atoms with Crippen LogP contribution >= 0.6 is 27.5 Å². The Morgan fingerprint density at radius 3 is 2.75 bits per heavy atom. The molecule has 0 fully saturated rings. The molecule has 2 aromatic rings. The third-order valence-electron chi connectivity index (χ3n) is 3.15. The maximum Gasteiger partial charge on any atom is 0.168 e. The molecule has 106 valence electrons. The Morgan fingerprint density at radius 2 is 2.20 bits per heavy atom. The highest BCUT2D eigenvalue weighted by molar-refractivity contribution is 9.10. The van der Waals surface area contributed by atoms with Crippen molar-refractivity contribution < 1.29 is 4.79 Å². The van der Waals surface area contributed by atoms with Crippen molar-refractivity contribution in [3.63, 3.8) is 0 Å². The van der Waals surface area contributed by atoms with Gasteiger partial charge in [0.1, 0.15) is 0 Å². The second-order valence-corrected chi connectivity index (χ2v) is 5.72. The Morgan fingerprint density at radius 1 is 1.50 bits per heavy atom. The highest BCUT2D eigenvalue weighted by atomic mass is 79.9. The molecule has 4 nitrogen and oxygen atoms in total. The molecule has 0 aliphatic carbocycles. The average Bonchev–Trinajstić information content (AvgIpc) is 2.69. The smallest absolute Gasteiger partial charge is 0.168 e. The fourth-order valence-electron chi connectivity index (χ4n) is 1.98. The normalized spacial score (nSPS) is 10.8. The summed E-state index contributed by atoms with van der Waals surface area (Å²) in [7, 11) is 1.84. The second kappa shape index (κ2) is 5.97. The Kier molecular flexibility index (Phi) is 4.50. The van der Waals surface area contributed by atoms with Gasteiger partial charge in [-0.25, -0.2) is 0 Å². The van der Waals surface area contributed by atoms with Crippen LogP contribution in [0.4, 0.5) is 5.69 Å². The molecule has 0 amide bonds. The summed E-state index contributed by atoms with van der Waals surface area (Å²) in [5.74, 6) is -0.0141. The van der Waals surface area contributed by atoms with Gasteiger partial charge in [-0.3, -0.25) is 9.48 Å². The lowest BCUT2D eigenvalue weighted by Crippen LogP contribution is -2.09. The van der Waals surface area contributed by atoms with Crippen molar-refractivity contribution in [2.24, 2.45) is 7.05 Å². The van der Waals surface area contributed by atoms with Gasteiger partial charge in [0.2, 0.25) is 0 Å². The summed E-state index contributed by atoms with van der Waals surface area (Å²) < 4.78 is 2.64. The third-order valence-corrected chi connectivity index (χ3v) is 4.41. The van der Waals surface area contributed by atoms with Crippen LogP contribution in [0.15, 0.2) is 22.7 Å². The van der Waals surface area contributed by atoms with Crippen molar-refractivity contribution in [3.8, 4) is 0 Å². The highest BCUT2D eigenvalue weighted by Crippen LogP contribution is 2.24. The van der Waals surface area contributed by atoms with Gasteiger partial charge in [0.15, 0.2) is 5.78 Å². The summed E-state index contributed by atoms with van der Waals surface area (Å²) in [4.78, 5) is 12.3. The minimum atomic E-state index is -0.0141. The van der Waals surface area contributed by atoms with E-state index in [1.165, 1.54) is 0 Å². The number of anilines is 1. The van der Waals surface area contributed by atoms with Gasteiger partial charge >= 0.3 is 0 Å². The zero-order valence-electron chi connectivity index (χ0n) is 11.3. The lowest BCUT2D eigenvalue weighted by atomic mass is 10.1. The molecular formula is C14H15BrClN3O. The lowest BCUT2D eigenvalue weighted by Gasteiger charge is -2.05. The molecule has 0 bridgehead atoms. The van der Waals surface area contributed by atoms with Crippen LogP contribution in [0.2, 0.25) is 5.02 Å². The largest absolute Gasteiger partial charge is 0.398 e. The number of nitrogen functional groups attached to an aromatic ring is 1. The molecule has 2 rings (SSSR count). The van der Waals surface area contributed by atoms with E-state index < -0.39 is 0 Å². The fraction of sp³-hybridized carbons (Fsp3) is 0.286. The van der Waals surface area contributed by atoms with E-state index in [9.17, 15) is 4.79 Å². The number of ketones is 1. The van der Waals surface area contributed by atoms with Crippen molar-refractivity contribution in [1.29, 1.82) is 0 Å². The van der Waals surface area contributed by atoms with Gasteiger partial charge in [-0.05, 0) is 40.5 Å². The third kappa shape index (κ3) is 2.88. The number of nitrogens with two attached hydrogens (primary N) is 1. The number of aromatic nitrogens is 2. The van der Waals surface area contributed by atoms with Crippen LogP contribution < -0.4 is 5.73 Å². The van der Waals surface area contributed by atoms with Crippen LogP contribution in [0.3, 0.4) is 0 Å². The number of aryl methyl sites for hydroxylation is 2. The van der Waals surface area contributed by atoms with Crippen molar-refractivity contribution in [1.82, 2.24) is 9.78 Å². The Hall–Kier alpha value is -1.33. The topological polar surface area (TPSA) is 60.9 Å². The number of benzene rings is 1. The average molecular weight is 357 g/mol. The predicted molar refractivity (Wildman–Crippen MR) is 84.2 cm³/mol. The first-order valence-electron chi connectivity index (χ1n) is 6.22. The minimum absolute atomic E-state index is 0.0141. The molecular weight excluding hydrogens is 342 g/mol. The maximum absolute atomic E-state index is 12.3. The second-order valence-electron chi connectivity index (χ2n) is 4.52. The number of hydrogen-bond donors (Lipinski definition) is 1. The Balaban J connectivity index is 2.28. The molecule has 0 saturated heterocycles. The summed E-state index contributed by atoms with van der Waals surface area (Å²) in [5.41, 5.74) is 8.50. The van der Waals surface area contributed by atoms with Crippen LogP contribution in [0.25, 0.3) is 0 Å². The van der Waals surface area contributed by atoms with Crippen molar-refractivity contribution in [2.45, 2.75) is 19.8 Å². The van der Waals surface area contributed by atoms with Gasteiger partial charge in [0.05, 0.1) is 33.0 Å². The SMILES string of the molecule is CCc1nn(C)c(CC(=O)c2ccc(Cl)c(N)c2)c1Br. The van der Waals surface area contributed by atoms with Crippen LogP contribution in [0, 0.1) is 0 Å². The monoisotopic (exact) mass is 355 g/mol. The summed E-state index contributed by atoms with van der Waals surface area (Å²) in [6, 6.07) is 4.93. The number of nitrogens with zero attached hydrogens (tertiary/aromatic N) is 2. The number of carbonyl (C=O) groups excluding carboxylic acids is 1. The molecule has 1 aromatic heterocycles. The molecule has 0 saturated carbocycles. The van der Waals surface area contributed by atoms with Gasteiger partial charge in [0, 0.05) is 12.6 Å². The summed E-state index contributed by atoms with van der Waals surface area (Å²) in [6.07, 6.45) is 1.08. The molecule has 0 spiro atoms. The molecule has 0 aliphatic heterocycles. The van der Waals surface area contributed by atoms with Crippen LogP contribution in [-0.2, 0) is 19.9 Å². The predicted octanol–water partition coefficient (Wildman–Crippen LogP) is 3.41. The molecule has 1 aromatic carbocycles. The van der Waals surface area contributed by atoms with Crippen molar-refractivity contribution >= 4 is 39.0 Å². The first-order chi connectivity index (χ1) is 9.43. The first kappa shape index (κ1) is 15.1. The van der Waals surface area contributed by atoms with E-state index in [1.807, 2.05) is 14.0 Å². The van der Waals surface area contributed by atoms with E-state index in [-0.39, 0.29) is 12.2 Å². The highest BCUT2D eigenvalue weighted by Gasteiger charge is 2.17. The molecule has 20 heavy (non-hydrogen) atoms. The fourth-order valence-corrected chi connectivity index (χ4v) is 2.86. The number of carbonyl (C=O) groups is 1.